The van der Waals surface area contributed by atoms with E-state index in [4.69, 9.17) is 14.9 Å². The van der Waals surface area contributed by atoms with Crippen molar-refractivity contribution in [3.8, 4) is 0 Å². The van der Waals surface area contributed by atoms with Gasteiger partial charge >= 0.3 is 12.1 Å². The summed E-state index contributed by atoms with van der Waals surface area (Å²) < 4.78 is 5.21. The van der Waals surface area contributed by atoms with Crippen LogP contribution in [0.5, 0.6) is 0 Å². The van der Waals surface area contributed by atoms with Crippen LogP contribution in [0.3, 0.4) is 0 Å². The Labute approximate surface area is 107 Å². The molecule has 1 heterocycles. The molecule has 0 saturated carbocycles. The van der Waals surface area contributed by atoms with E-state index in [1.165, 1.54) is 4.90 Å². The molecule has 0 radical (unpaired) electrons. The smallest absolute Gasteiger partial charge is 0.410 e. The number of aliphatic hydroxyl groups is 1. The molecule has 0 aromatic rings. The van der Waals surface area contributed by atoms with Crippen LogP contribution in [0.4, 0.5) is 4.79 Å². The van der Waals surface area contributed by atoms with E-state index in [1.807, 2.05) is 0 Å². The topological polar surface area (TPSA) is 87.1 Å². The minimum absolute atomic E-state index is 0.0927. The van der Waals surface area contributed by atoms with Gasteiger partial charge in [-0.3, -0.25) is 4.79 Å². The van der Waals surface area contributed by atoms with E-state index < -0.39 is 23.6 Å². The highest BCUT2D eigenvalue weighted by molar-refractivity contribution is 5.73. The van der Waals surface area contributed by atoms with Gasteiger partial charge in [-0.2, -0.15) is 0 Å². The van der Waals surface area contributed by atoms with E-state index in [1.54, 1.807) is 20.8 Å². The molecule has 104 valence electrons. The quantitative estimate of drug-likeness (QED) is 0.770. The van der Waals surface area contributed by atoms with E-state index in [0.717, 1.165) is 0 Å². The van der Waals surface area contributed by atoms with Crippen molar-refractivity contribution in [2.24, 2.45) is 11.8 Å². The number of carboxylic acids is 1. The van der Waals surface area contributed by atoms with Gasteiger partial charge in [0.2, 0.25) is 0 Å². The van der Waals surface area contributed by atoms with E-state index in [2.05, 4.69) is 0 Å². The van der Waals surface area contributed by atoms with Crippen LogP contribution in [0.2, 0.25) is 0 Å². The van der Waals surface area contributed by atoms with Crippen LogP contribution in [0.15, 0.2) is 0 Å². The zero-order valence-electron chi connectivity index (χ0n) is 11.0. The number of rotatable bonds is 2. The normalized spacial score (nSPS) is 24.8. The Kier molecular flexibility index (Phi) is 4.56. The van der Waals surface area contributed by atoms with Crippen molar-refractivity contribution < 1.29 is 24.5 Å². The number of likely N-dealkylation sites (tertiary alicyclic amines) is 1. The molecule has 0 spiro atoms. The predicted octanol–water partition coefficient (Wildman–Crippen LogP) is 0.936. The Balaban J connectivity index is 2.65. The Morgan fingerprint density at radius 1 is 1.39 bits per heavy atom. The molecule has 1 aliphatic heterocycles. The Morgan fingerprint density at radius 3 is 2.44 bits per heavy atom. The van der Waals surface area contributed by atoms with Crippen molar-refractivity contribution in [1.82, 2.24) is 4.90 Å². The van der Waals surface area contributed by atoms with E-state index >= 15 is 0 Å². The van der Waals surface area contributed by atoms with Gasteiger partial charge in [0, 0.05) is 19.7 Å². The van der Waals surface area contributed by atoms with Crippen molar-refractivity contribution in [2.75, 3.05) is 19.7 Å². The Morgan fingerprint density at radius 2 is 2.00 bits per heavy atom. The van der Waals surface area contributed by atoms with E-state index in [-0.39, 0.29) is 19.1 Å². The molecule has 1 rings (SSSR count). The molecule has 18 heavy (non-hydrogen) atoms. The lowest BCUT2D eigenvalue weighted by atomic mass is 9.86. The third-order valence-electron chi connectivity index (χ3n) is 2.96. The van der Waals surface area contributed by atoms with Crippen molar-refractivity contribution in [3.63, 3.8) is 0 Å². The number of carbonyl (C=O) groups is 2. The number of carboxylic acid groups (broad SMARTS) is 1. The summed E-state index contributed by atoms with van der Waals surface area (Å²) in [5.41, 5.74) is -0.594. The summed E-state index contributed by atoms with van der Waals surface area (Å²) in [6.45, 7) is 5.64. The number of aliphatic carboxylic acids is 1. The minimum Gasteiger partial charge on any atom is -0.481 e. The highest BCUT2D eigenvalue weighted by Crippen LogP contribution is 2.24. The first-order valence-electron chi connectivity index (χ1n) is 6.06. The second-order valence-electron chi connectivity index (χ2n) is 5.60. The molecule has 0 bridgehead atoms. The molecule has 1 saturated heterocycles. The fourth-order valence-electron chi connectivity index (χ4n) is 1.99. The van der Waals surface area contributed by atoms with Crippen LogP contribution in [-0.4, -0.2) is 52.5 Å². The summed E-state index contributed by atoms with van der Waals surface area (Å²) >= 11 is 0. The molecule has 0 aromatic carbocycles. The first kappa shape index (κ1) is 14.8. The van der Waals surface area contributed by atoms with Crippen LogP contribution in [0.25, 0.3) is 0 Å². The molecule has 2 atom stereocenters. The third kappa shape index (κ3) is 3.87. The Hall–Kier alpha value is -1.30. The van der Waals surface area contributed by atoms with Crippen LogP contribution < -0.4 is 0 Å². The average molecular weight is 259 g/mol. The molecule has 6 nitrogen and oxygen atoms in total. The van der Waals surface area contributed by atoms with Gasteiger partial charge in [0.05, 0.1) is 5.92 Å². The zero-order chi connectivity index (χ0) is 13.9. The second kappa shape index (κ2) is 5.56. The number of hydrogen-bond donors (Lipinski definition) is 2. The van der Waals surface area contributed by atoms with Gasteiger partial charge in [0.1, 0.15) is 5.60 Å². The maximum absolute atomic E-state index is 11.8. The number of hydrogen-bond acceptors (Lipinski definition) is 4. The molecule has 0 aromatic heterocycles. The number of piperidine rings is 1. The van der Waals surface area contributed by atoms with Crippen LogP contribution in [0, 0.1) is 11.8 Å². The van der Waals surface area contributed by atoms with Crippen molar-refractivity contribution >= 4 is 12.1 Å². The maximum Gasteiger partial charge on any atom is 0.410 e. The fraction of sp³-hybridized carbons (Fsp3) is 0.833. The van der Waals surface area contributed by atoms with Gasteiger partial charge < -0.3 is 19.8 Å². The summed E-state index contributed by atoms with van der Waals surface area (Å²) in [5.74, 6) is -2.00. The van der Waals surface area contributed by atoms with Crippen LogP contribution in [-0.2, 0) is 9.53 Å². The fourth-order valence-corrected chi connectivity index (χ4v) is 1.99. The van der Waals surface area contributed by atoms with Crippen LogP contribution in [0.1, 0.15) is 27.2 Å². The number of nitrogens with zero attached hydrogens (tertiary/aromatic N) is 1. The van der Waals surface area contributed by atoms with Gasteiger partial charge in [-0.25, -0.2) is 4.79 Å². The molecular formula is C12H21NO5. The lowest BCUT2D eigenvalue weighted by Crippen LogP contribution is -2.48. The average Bonchev–Trinajstić information content (AvgIpc) is 2.25. The summed E-state index contributed by atoms with van der Waals surface area (Å²) in [7, 11) is 0. The molecule has 0 aliphatic carbocycles. The number of carbonyl (C=O) groups excluding carboxylic acids is 1. The lowest BCUT2D eigenvalue weighted by Gasteiger charge is -2.36. The van der Waals surface area contributed by atoms with E-state index in [9.17, 15) is 9.59 Å². The SMILES string of the molecule is CC(C)(C)OC(=O)N1CC[C@H](CO)[C@H](C(=O)O)C1. The Bertz CT molecular complexity index is 323. The summed E-state index contributed by atoms with van der Waals surface area (Å²) in [6.07, 6.45) is -0.0164. The number of amides is 1. The second-order valence-corrected chi connectivity index (χ2v) is 5.60. The van der Waals surface area contributed by atoms with E-state index in [0.29, 0.717) is 13.0 Å². The van der Waals surface area contributed by atoms with Crippen molar-refractivity contribution in [1.29, 1.82) is 0 Å². The van der Waals surface area contributed by atoms with Crippen molar-refractivity contribution in [2.45, 2.75) is 32.8 Å². The van der Waals surface area contributed by atoms with Gasteiger partial charge in [-0.1, -0.05) is 0 Å². The van der Waals surface area contributed by atoms with Gasteiger partial charge in [-0.05, 0) is 33.1 Å². The summed E-state index contributed by atoms with van der Waals surface area (Å²) in [6, 6.07) is 0. The first-order chi connectivity index (χ1) is 8.24. The molecule has 6 heteroatoms. The third-order valence-corrected chi connectivity index (χ3v) is 2.96. The summed E-state index contributed by atoms with van der Waals surface area (Å²) in [5, 5.41) is 18.2. The number of ether oxygens (including phenoxy) is 1. The maximum atomic E-state index is 11.8. The van der Waals surface area contributed by atoms with Gasteiger partial charge in [0.25, 0.3) is 0 Å². The molecule has 1 amide bonds. The molecule has 1 aliphatic rings. The standard InChI is InChI=1S/C12H21NO5/c1-12(2,3)18-11(17)13-5-4-8(7-14)9(6-13)10(15)16/h8-9,14H,4-7H2,1-3H3,(H,15,16)/t8-,9-/m1/s1. The predicted molar refractivity (Wildman–Crippen MR) is 64.1 cm³/mol. The molecule has 0 unspecified atom stereocenters. The monoisotopic (exact) mass is 259 g/mol. The van der Waals surface area contributed by atoms with Crippen LogP contribution >= 0.6 is 0 Å². The van der Waals surface area contributed by atoms with Gasteiger partial charge in [0.15, 0.2) is 0 Å². The zero-order valence-corrected chi connectivity index (χ0v) is 11.0. The molecule has 2 N–H and O–H groups in total. The molecular weight excluding hydrogens is 238 g/mol. The largest absolute Gasteiger partial charge is 0.481 e. The highest BCUT2D eigenvalue weighted by Gasteiger charge is 2.36. The van der Waals surface area contributed by atoms with Gasteiger partial charge in [-0.15, -0.1) is 0 Å². The highest BCUT2D eigenvalue weighted by atomic mass is 16.6. The minimum atomic E-state index is -0.984. The van der Waals surface area contributed by atoms with Crippen molar-refractivity contribution in [3.05, 3.63) is 0 Å². The lowest BCUT2D eigenvalue weighted by molar-refractivity contribution is -0.146. The first-order valence-corrected chi connectivity index (χ1v) is 6.06. The number of aliphatic hydroxyl groups excluding tert-OH is 1. The summed E-state index contributed by atoms with van der Waals surface area (Å²) in [4.78, 5) is 24.3. The molecule has 1 fully saturated rings.